The first-order valence-corrected chi connectivity index (χ1v) is 7.25. The minimum atomic E-state index is -0.270. The van der Waals surface area contributed by atoms with Gasteiger partial charge in [0.05, 0.1) is 0 Å². The molecule has 4 heteroatoms. The molecule has 0 radical (unpaired) electrons. The first-order chi connectivity index (χ1) is 6.19. The van der Waals surface area contributed by atoms with Crippen LogP contribution in [0, 0.1) is 3.57 Å². The molecule has 70 valence electrons. The van der Waals surface area contributed by atoms with Crippen molar-refractivity contribution in [1.29, 1.82) is 0 Å². The molecule has 0 N–H and O–H groups in total. The molecule has 0 fully saturated rings. The third-order valence-corrected chi connectivity index (χ3v) is 4.96. The van der Waals surface area contributed by atoms with Gasteiger partial charge >= 0.3 is 97.8 Å². The van der Waals surface area contributed by atoms with E-state index in [1.165, 1.54) is 11.6 Å². The molecule has 0 heterocycles. The van der Waals surface area contributed by atoms with E-state index in [1.54, 1.807) is 0 Å². The number of esters is 1. The number of hydrogen-bond acceptors (Lipinski definition) is 2. The van der Waals surface area contributed by atoms with Crippen molar-refractivity contribution >= 4 is 48.0 Å². The van der Waals surface area contributed by atoms with Gasteiger partial charge < -0.3 is 0 Å². The summed E-state index contributed by atoms with van der Waals surface area (Å²) in [5.74, 6) is 1.88. The summed E-state index contributed by atoms with van der Waals surface area (Å²) >= 11 is 2.72. The SMILES string of the molecule is COC(=O)c1ccc([Se]C)c(I)c1. The Morgan fingerprint density at radius 1 is 1.54 bits per heavy atom. The number of hydrogen-bond donors (Lipinski definition) is 0. The van der Waals surface area contributed by atoms with Crippen LogP contribution in [0.2, 0.25) is 5.82 Å². The van der Waals surface area contributed by atoms with Gasteiger partial charge in [-0.15, -0.1) is 0 Å². The molecule has 0 atom stereocenters. The molecule has 0 bridgehead atoms. The topological polar surface area (TPSA) is 26.3 Å². The van der Waals surface area contributed by atoms with E-state index in [2.05, 4.69) is 33.1 Å². The molecule has 0 spiro atoms. The summed E-state index contributed by atoms with van der Waals surface area (Å²) in [6, 6.07) is 5.68. The van der Waals surface area contributed by atoms with Crippen molar-refractivity contribution in [3.8, 4) is 0 Å². The molecule has 1 rings (SSSR count). The molecule has 0 aromatic heterocycles. The van der Waals surface area contributed by atoms with Gasteiger partial charge in [-0.3, -0.25) is 0 Å². The van der Waals surface area contributed by atoms with Crippen molar-refractivity contribution in [2.24, 2.45) is 0 Å². The Morgan fingerprint density at radius 3 is 2.69 bits per heavy atom. The van der Waals surface area contributed by atoms with Crippen LogP contribution in [0.5, 0.6) is 0 Å². The van der Waals surface area contributed by atoms with Crippen LogP contribution in [0.25, 0.3) is 0 Å². The zero-order chi connectivity index (χ0) is 9.84. The zero-order valence-corrected chi connectivity index (χ0v) is 11.2. The summed E-state index contributed by atoms with van der Waals surface area (Å²) in [5, 5.41) is 0. The quantitative estimate of drug-likeness (QED) is 0.456. The Labute approximate surface area is 97.3 Å². The van der Waals surface area contributed by atoms with Crippen molar-refractivity contribution in [3.63, 3.8) is 0 Å². The molecular formula is C9H9IO2Se. The van der Waals surface area contributed by atoms with Gasteiger partial charge in [0.15, 0.2) is 0 Å². The summed E-state index contributed by atoms with van der Waals surface area (Å²) in [6.07, 6.45) is 0. The Balaban J connectivity index is 3.02. The number of carbonyl (C=O) groups excluding carboxylic acids is 1. The number of ether oxygens (including phenoxy) is 1. The van der Waals surface area contributed by atoms with E-state index < -0.39 is 0 Å². The number of rotatable bonds is 2. The van der Waals surface area contributed by atoms with E-state index in [-0.39, 0.29) is 5.97 Å². The molecule has 1 aromatic carbocycles. The van der Waals surface area contributed by atoms with Crippen LogP contribution in [0.4, 0.5) is 0 Å². The van der Waals surface area contributed by atoms with Crippen LogP contribution in [0.15, 0.2) is 18.2 Å². The summed E-state index contributed by atoms with van der Waals surface area (Å²) in [7, 11) is 1.40. The van der Waals surface area contributed by atoms with Gasteiger partial charge in [0.2, 0.25) is 0 Å². The van der Waals surface area contributed by atoms with Crippen LogP contribution in [0.3, 0.4) is 0 Å². The van der Waals surface area contributed by atoms with E-state index in [4.69, 9.17) is 0 Å². The standard InChI is InChI=1S/C9H9IO2Se/c1-12-9(11)6-3-4-8(13-2)7(10)5-6/h3-5H,1-2H3. The summed E-state index contributed by atoms with van der Waals surface area (Å²) in [5.41, 5.74) is 0.625. The first-order valence-electron chi connectivity index (χ1n) is 3.61. The normalized spacial score (nSPS) is 9.77. The van der Waals surface area contributed by atoms with Gasteiger partial charge in [-0.1, -0.05) is 0 Å². The fourth-order valence-corrected chi connectivity index (χ4v) is 3.53. The molecule has 13 heavy (non-hydrogen) atoms. The third-order valence-electron chi connectivity index (χ3n) is 1.57. The van der Waals surface area contributed by atoms with Crippen molar-refractivity contribution in [2.75, 3.05) is 7.11 Å². The van der Waals surface area contributed by atoms with Gasteiger partial charge in [0.1, 0.15) is 0 Å². The third kappa shape index (κ3) is 2.69. The summed E-state index contributed by atoms with van der Waals surface area (Å²) in [4.78, 5) is 11.1. The number of halogens is 1. The van der Waals surface area contributed by atoms with E-state index in [0.29, 0.717) is 20.5 Å². The van der Waals surface area contributed by atoms with E-state index >= 15 is 0 Å². The fraction of sp³-hybridized carbons (Fsp3) is 0.222. The van der Waals surface area contributed by atoms with Gasteiger partial charge in [-0.05, 0) is 0 Å². The number of methoxy groups -OCH3 is 1. The average molecular weight is 355 g/mol. The zero-order valence-electron chi connectivity index (χ0n) is 7.33. The monoisotopic (exact) mass is 356 g/mol. The molecule has 0 aliphatic rings. The van der Waals surface area contributed by atoms with Crippen LogP contribution in [0.1, 0.15) is 10.4 Å². The predicted octanol–water partition coefficient (Wildman–Crippen LogP) is 1.46. The Morgan fingerprint density at radius 2 is 2.23 bits per heavy atom. The van der Waals surface area contributed by atoms with E-state index in [1.807, 2.05) is 18.2 Å². The second-order valence-corrected chi connectivity index (χ2v) is 5.28. The van der Waals surface area contributed by atoms with E-state index in [0.717, 1.165) is 3.57 Å². The predicted molar refractivity (Wildman–Crippen MR) is 61.8 cm³/mol. The molecule has 0 amide bonds. The second kappa shape index (κ2) is 4.98. The molecule has 0 saturated carbocycles. The van der Waals surface area contributed by atoms with Crippen molar-refractivity contribution in [2.45, 2.75) is 5.82 Å². The number of benzene rings is 1. The first kappa shape index (κ1) is 11.0. The fourth-order valence-electron chi connectivity index (χ4n) is 0.911. The molecule has 0 aliphatic carbocycles. The summed E-state index contributed by atoms with van der Waals surface area (Å²) < 4.78 is 7.09. The molecular weight excluding hydrogens is 346 g/mol. The average Bonchev–Trinajstić information content (AvgIpc) is 2.16. The van der Waals surface area contributed by atoms with Crippen LogP contribution in [-0.2, 0) is 4.74 Å². The van der Waals surface area contributed by atoms with Crippen molar-refractivity contribution < 1.29 is 9.53 Å². The van der Waals surface area contributed by atoms with Gasteiger partial charge in [-0.25, -0.2) is 0 Å². The van der Waals surface area contributed by atoms with Gasteiger partial charge in [-0.2, -0.15) is 0 Å². The van der Waals surface area contributed by atoms with Gasteiger partial charge in [0.25, 0.3) is 0 Å². The maximum absolute atomic E-state index is 11.1. The second-order valence-electron chi connectivity index (χ2n) is 2.34. The van der Waals surface area contributed by atoms with Crippen LogP contribution < -0.4 is 4.46 Å². The van der Waals surface area contributed by atoms with Gasteiger partial charge in [0, 0.05) is 0 Å². The minimum absolute atomic E-state index is 0.270. The maximum atomic E-state index is 11.1. The van der Waals surface area contributed by atoms with Crippen molar-refractivity contribution in [1.82, 2.24) is 0 Å². The Hall–Kier alpha value is -0.0605. The van der Waals surface area contributed by atoms with Crippen LogP contribution in [-0.4, -0.2) is 28.0 Å². The summed E-state index contributed by atoms with van der Waals surface area (Å²) in [6.45, 7) is 0. The Bertz CT molecular complexity index is 325. The molecule has 0 unspecified atom stereocenters. The molecule has 0 saturated heterocycles. The van der Waals surface area contributed by atoms with E-state index in [9.17, 15) is 4.79 Å². The molecule has 1 aromatic rings. The number of carbonyl (C=O) groups is 1. The molecule has 2 nitrogen and oxygen atoms in total. The Kier molecular flexibility index (Phi) is 4.22. The van der Waals surface area contributed by atoms with Crippen molar-refractivity contribution in [3.05, 3.63) is 27.3 Å². The van der Waals surface area contributed by atoms with Crippen LogP contribution >= 0.6 is 22.6 Å². The molecule has 0 aliphatic heterocycles.